The molecule has 0 atom stereocenters. The summed E-state index contributed by atoms with van der Waals surface area (Å²) >= 11 is 0. The van der Waals surface area contributed by atoms with Crippen LogP contribution in [0.1, 0.15) is 0 Å². The SMILES string of the molecule is COC(=O)C1=C(C(=O)OC)B(O)c2cc(F)ccc2N1. The molecule has 0 amide bonds. The Bertz CT molecular complexity index is 616. The number of fused-ring (bicyclic) bond motifs is 1. The molecule has 0 aliphatic carbocycles. The number of nitrogens with one attached hydrogen (secondary N) is 1. The molecule has 6 nitrogen and oxygen atoms in total. The summed E-state index contributed by atoms with van der Waals surface area (Å²) in [5.74, 6) is -2.31. The molecule has 1 heterocycles. The van der Waals surface area contributed by atoms with E-state index in [0.717, 1.165) is 26.4 Å². The minimum absolute atomic E-state index is 0.137. The van der Waals surface area contributed by atoms with Crippen LogP contribution in [0.2, 0.25) is 0 Å². The summed E-state index contributed by atoms with van der Waals surface area (Å²) in [6.45, 7) is -1.48. The van der Waals surface area contributed by atoms with Crippen molar-refractivity contribution < 1.29 is 28.5 Å². The highest BCUT2D eigenvalue weighted by Crippen LogP contribution is 2.22. The lowest BCUT2D eigenvalue weighted by Crippen LogP contribution is -2.45. The van der Waals surface area contributed by atoms with E-state index in [2.05, 4.69) is 14.8 Å². The number of halogens is 1. The Balaban J connectivity index is 2.59. The van der Waals surface area contributed by atoms with Crippen LogP contribution in [0, 0.1) is 5.82 Å². The zero-order chi connectivity index (χ0) is 14.9. The van der Waals surface area contributed by atoms with Crippen molar-refractivity contribution in [2.24, 2.45) is 0 Å². The lowest BCUT2D eigenvalue weighted by Gasteiger charge is -2.24. The molecule has 0 saturated heterocycles. The summed E-state index contributed by atoms with van der Waals surface area (Å²) in [7, 11) is 2.25. The van der Waals surface area contributed by atoms with Crippen molar-refractivity contribution in [2.75, 3.05) is 19.5 Å². The third-order valence-corrected chi connectivity index (χ3v) is 2.91. The van der Waals surface area contributed by atoms with Crippen LogP contribution in [0.25, 0.3) is 0 Å². The first-order valence-corrected chi connectivity index (χ1v) is 5.65. The van der Waals surface area contributed by atoms with Gasteiger partial charge in [0, 0.05) is 5.69 Å². The van der Waals surface area contributed by atoms with Crippen LogP contribution in [0.5, 0.6) is 0 Å². The van der Waals surface area contributed by atoms with E-state index >= 15 is 0 Å². The number of carbonyl (C=O) groups excluding carboxylic acids is 2. The number of hydrogen-bond donors (Lipinski definition) is 2. The van der Waals surface area contributed by atoms with Crippen molar-refractivity contribution in [1.82, 2.24) is 0 Å². The maximum absolute atomic E-state index is 13.2. The van der Waals surface area contributed by atoms with Gasteiger partial charge in [0.05, 0.1) is 19.7 Å². The Morgan fingerprint density at radius 1 is 1.25 bits per heavy atom. The van der Waals surface area contributed by atoms with E-state index in [1.807, 2.05) is 0 Å². The molecule has 1 aromatic rings. The van der Waals surface area contributed by atoms with Crippen molar-refractivity contribution in [3.05, 3.63) is 35.2 Å². The quantitative estimate of drug-likeness (QED) is 0.565. The number of ether oxygens (including phenoxy) is 2. The molecule has 20 heavy (non-hydrogen) atoms. The van der Waals surface area contributed by atoms with E-state index in [1.165, 1.54) is 6.07 Å². The van der Waals surface area contributed by atoms with Crippen LogP contribution in [-0.2, 0) is 19.1 Å². The second-order valence-electron chi connectivity index (χ2n) is 4.03. The fourth-order valence-electron chi connectivity index (χ4n) is 1.95. The van der Waals surface area contributed by atoms with Gasteiger partial charge in [0.15, 0.2) is 0 Å². The van der Waals surface area contributed by atoms with Gasteiger partial charge in [-0.3, -0.25) is 0 Å². The van der Waals surface area contributed by atoms with Gasteiger partial charge in [-0.1, -0.05) is 0 Å². The van der Waals surface area contributed by atoms with E-state index in [9.17, 15) is 19.0 Å². The summed E-state index contributed by atoms with van der Waals surface area (Å²) in [6, 6.07) is 3.59. The van der Waals surface area contributed by atoms with Crippen molar-refractivity contribution in [3.63, 3.8) is 0 Å². The molecule has 2 rings (SSSR count). The Labute approximate surface area is 114 Å². The van der Waals surface area contributed by atoms with Crippen LogP contribution in [0.3, 0.4) is 0 Å². The Morgan fingerprint density at radius 3 is 2.50 bits per heavy atom. The van der Waals surface area contributed by atoms with E-state index in [1.54, 1.807) is 0 Å². The number of methoxy groups -OCH3 is 2. The first kappa shape index (κ1) is 14.1. The molecule has 1 aromatic carbocycles. The highest BCUT2D eigenvalue weighted by molar-refractivity contribution is 6.80. The number of hydrogen-bond acceptors (Lipinski definition) is 6. The minimum Gasteiger partial charge on any atom is -0.466 e. The standard InChI is InChI=1S/C12H11BFNO5/c1-19-11(16)9-10(12(17)20-2)15-8-4-3-6(14)5-7(8)13(9)18/h3-5,15,18H,1-2H3. The fraction of sp³-hybridized carbons (Fsp3) is 0.167. The third kappa shape index (κ3) is 2.25. The average molecular weight is 279 g/mol. The van der Waals surface area contributed by atoms with Gasteiger partial charge in [-0.05, 0) is 23.7 Å². The summed E-state index contributed by atoms with van der Waals surface area (Å²) in [5.41, 5.74) is -0.103. The first-order valence-electron chi connectivity index (χ1n) is 5.65. The summed E-state index contributed by atoms with van der Waals surface area (Å²) < 4.78 is 22.3. The van der Waals surface area contributed by atoms with Gasteiger partial charge < -0.3 is 19.8 Å². The zero-order valence-electron chi connectivity index (χ0n) is 10.8. The molecule has 0 radical (unpaired) electrons. The van der Waals surface area contributed by atoms with Gasteiger partial charge in [-0.25, -0.2) is 14.0 Å². The predicted octanol–water partition coefficient (Wildman–Crippen LogP) is -0.419. The molecule has 0 bridgehead atoms. The Hall–Kier alpha value is -2.35. The van der Waals surface area contributed by atoms with Gasteiger partial charge in [0.1, 0.15) is 11.5 Å². The molecule has 0 saturated carbocycles. The number of anilines is 1. The monoisotopic (exact) mass is 279 g/mol. The summed E-state index contributed by atoms with van der Waals surface area (Å²) in [4.78, 5) is 23.4. The Kier molecular flexibility index (Phi) is 3.76. The predicted molar refractivity (Wildman–Crippen MR) is 68.7 cm³/mol. The summed E-state index contributed by atoms with van der Waals surface area (Å²) in [5, 5.41) is 12.8. The fourth-order valence-corrected chi connectivity index (χ4v) is 1.95. The molecule has 0 unspecified atom stereocenters. The topological polar surface area (TPSA) is 84.9 Å². The Morgan fingerprint density at radius 2 is 1.90 bits per heavy atom. The number of carbonyl (C=O) groups is 2. The lowest BCUT2D eigenvalue weighted by atomic mass is 9.52. The zero-order valence-corrected chi connectivity index (χ0v) is 10.8. The smallest absolute Gasteiger partial charge is 0.371 e. The van der Waals surface area contributed by atoms with Crippen molar-refractivity contribution in [2.45, 2.75) is 0 Å². The van der Waals surface area contributed by atoms with Gasteiger partial charge in [-0.2, -0.15) is 0 Å². The number of rotatable bonds is 2. The molecular weight excluding hydrogens is 268 g/mol. The highest BCUT2D eigenvalue weighted by atomic mass is 19.1. The first-order chi connectivity index (χ1) is 9.49. The highest BCUT2D eigenvalue weighted by Gasteiger charge is 2.38. The molecule has 104 valence electrons. The van der Waals surface area contributed by atoms with Crippen molar-refractivity contribution in [1.29, 1.82) is 0 Å². The van der Waals surface area contributed by atoms with Crippen molar-refractivity contribution in [3.8, 4) is 0 Å². The minimum atomic E-state index is -1.48. The molecule has 1 aliphatic heterocycles. The van der Waals surface area contributed by atoms with Crippen molar-refractivity contribution >= 4 is 30.0 Å². The van der Waals surface area contributed by atoms with Crippen LogP contribution < -0.4 is 10.8 Å². The van der Waals surface area contributed by atoms with Crippen LogP contribution in [0.15, 0.2) is 29.4 Å². The van der Waals surface area contributed by atoms with E-state index in [0.29, 0.717) is 5.69 Å². The van der Waals surface area contributed by atoms with E-state index in [-0.39, 0.29) is 16.6 Å². The summed E-state index contributed by atoms with van der Waals surface area (Å²) in [6.07, 6.45) is 0. The molecule has 0 spiro atoms. The number of benzene rings is 1. The molecule has 0 aromatic heterocycles. The average Bonchev–Trinajstić information content (AvgIpc) is 2.46. The van der Waals surface area contributed by atoms with Crippen LogP contribution in [0.4, 0.5) is 10.1 Å². The van der Waals surface area contributed by atoms with E-state index < -0.39 is 24.7 Å². The largest absolute Gasteiger partial charge is 0.466 e. The van der Waals surface area contributed by atoms with Gasteiger partial charge in [-0.15, -0.1) is 0 Å². The third-order valence-electron chi connectivity index (χ3n) is 2.91. The molecule has 1 aliphatic rings. The molecule has 0 fully saturated rings. The maximum Gasteiger partial charge on any atom is 0.371 e. The van der Waals surface area contributed by atoms with Crippen LogP contribution >= 0.6 is 0 Å². The van der Waals surface area contributed by atoms with Gasteiger partial charge in [0.25, 0.3) is 0 Å². The molecular formula is C12H11BFNO5. The second-order valence-corrected chi connectivity index (χ2v) is 4.03. The second kappa shape index (κ2) is 5.34. The van der Waals surface area contributed by atoms with Gasteiger partial charge >= 0.3 is 18.9 Å². The van der Waals surface area contributed by atoms with Gasteiger partial charge in [0.2, 0.25) is 0 Å². The lowest BCUT2D eigenvalue weighted by molar-refractivity contribution is -0.138. The van der Waals surface area contributed by atoms with Crippen LogP contribution in [-0.4, -0.2) is 38.1 Å². The normalized spacial score (nSPS) is 13.5. The maximum atomic E-state index is 13.2. The number of esters is 2. The molecule has 8 heteroatoms. The van der Waals surface area contributed by atoms with E-state index in [4.69, 9.17) is 0 Å². The molecule has 2 N–H and O–H groups in total.